The molecule has 0 aromatic heterocycles. The summed E-state index contributed by atoms with van der Waals surface area (Å²) < 4.78 is 28.5. The molecule has 0 amide bonds. The highest BCUT2D eigenvalue weighted by Gasteiger charge is 2.50. The van der Waals surface area contributed by atoms with Crippen LogP contribution in [-0.2, 0) is 42.9 Å². The van der Waals surface area contributed by atoms with Crippen molar-refractivity contribution in [3.8, 4) is 0 Å². The maximum absolute atomic E-state index is 13.2. The summed E-state index contributed by atoms with van der Waals surface area (Å²) in [6.07, 6.45) is 58.9. The SMILES string of the molecule is CCCCC/C=C\C/C=C\C/C=C\CCCCCCCCC(=O)OCC(COC1OC(C(=O)O)C(O)C(O)C1OC(=O)CCCCCCCCCCCCCCC)OC(=O)CCCCCCCCCCC/C=C\C/C=C\CCCCC. The molecule has 1 fully saturated rings. The number of unbranched alkanes of at least 4 members (excludes halogenated alkanes) is 33. The number of aliphatic hydroxyl groups is 2. The number of aliphatic carboxylic acids is 1. The Kier molecular flexibility index (Phi) is 53.0. The quantitative estimate of drug-likeness (QED) is 0.0228. The number of ether oxygens (including phenoxy) is 5. The number of carboxylic acids is 1. The Balaban J connectivity index is 2.65. The molecule has 1 aliphatic heterocycles. The minimum Gasteiger partial charge on any atom is -0.479 e. The molecule has 0 bridgehead atoms. The van der Waals surface area contributed by atoms with Crippen LogP contribution in [0.25, 0.3) is 0 Å². The summed E-state index contributed by atoms with van der Waals surface area (Å²) in [4.78, 5) is 51.3. The highest BCUT2D eigenvalue weighted by Crippen LogP contribution is 2.27. The summed E-state index contributed by atoms with van der Waals surface area (Å²) >= 11 is 0. The summed E-state index contributed by atoms with van der Waals surface area (Å²) in [5.74, 6) is -3.12. The second-order valence-corrected chi connectivity index (χ2v) is 22.8. The molecule has 1 aliphatic rings. The van der Waals surface area contributed by atoms with Gasteiger partial charge in [0.05, 0.1) is 6.61 Å². The molecule has 1 heterocycles. The third-order valence-electron chi connectivity index (χ3n) is 15.1. The summed E-state index contributed by atoms with van der Waals surface area (Å²) in [5, 5.41) is 31.6. The molecule has 468 valence electrons. The summed E-state index contributed by atoms with van der Waals surface area (Å²) in [7, 11) is 0. The lowest BCUT2D eigenvalue weighted by Crippen LogP contribution is -2.61. The van der Waals surface area contributed by atoms with Gasteiger partial charge in [0.25, 0.3) is 0 Å². The first-order valence-electron chi connectivity index (χ1n) is 33.3. The van der Waals surface area contributed by atoms with Crippen molar-refractivity contribution in [3.63, 3.8) is 0 Å². The molecular formula is C69H120O12. The first-order valence-corrected chi connectivity index (χ1v) is 33.3. The van der Waals surface area contributed by atoms with E-state index in [-0.39, 0.29) is 25.9 Å². The van der Waals surface area contributed by atoms with E-state index in [9.17, 15) is 34.5 Å². The van der Waals surface area contributed by atoms with Gasteiger partial charge in [-0.3, -0.25) is 14.4 Å². The predicted molar refractivity (Wildman–Crippen MR) is 331 cm³/mol. The highest BCUT2D eigenvalue weighted by atomic mass is 16.7. The van der Waals surface area contributed by atoms with Crippen LogP contribution in [0.3, 0.4) is 0 Å². The van der Waals surface area contributed by atoms with Gasteiger partial charge < -0.3 is 39.0 Å². The van der Waals surface area contributed by atoms with E-state index in [1.54, 1.807) is 0 Å². The van der Waals surface area contributed by atoms with Crippen molar-refractivity contribution >= 4 is 23.9 Å². The predicted octanol–water partition coefficient (Wildman–Crippen LogP) is 17.9. The molecule has 0 radical (unpaired) electrons. The number of carboxylic acid groups (broad SMARTS) is 1. The van der Waals surface area contributed by atoms with E-state index in [0.717, 1.165) is 116 Å². The number of hydrogen-bond donors (Lipinski definition) is 3. The molecule has 3 N–H and O–H groups in total. The smallest absolute Gasteiger partial charge is 0.335 e. The molecule has 12 nitrogen and oxygen atoms in total. The van der Waals surface area contributed by atoms with Gasteiger partial charge in [0.2, 0.25) is 0 Å². The van der Waals surface area contributed by atoms with E-state index in [2.05, 4.69) is 81.5 Å². The fraction of sp³-hybridized carbons (Fsp3) is 0.797. The Labute approximate surface area is 494 Å². The van der Waals surface area contributed by atoms with Gasteiger partial charge in [0.15, 0.2) is 24.6 Å². The van der Waals surface area contributed by atoms with Crippen LogP contribution < -0.4 is 0 Å². The Bertz CT molecular complexity index is 1640. The monoisotopic (exact) mass is 1140 g/mol. The largest absolute Gasteiger partial charge is 0.479 e. The van der Waals surface area contributed by atoms with Crippen molar-refractivity contribution in [3.05, 3.63) is 60.8 Å². The van der Waals surface area contributed by atoms with E-state index in [1.807, 2.05) is 0 Å². The van der Waals surface area contributed by atoms with Gasteiger partial charge in [-0.15, -0.1) is 0 Å². The van der Waals surface area contributed by atoms with Crippen molar-refractivity contribution in [2.45, 2.75) is 340 Å². The van der Waals surface area contributed by atoms with Crippen LogP contribution in [0, 0.1) is 0 Å². The zero-order chi connectivity index (χ0) is 58.9. The van der Waals surface area contributed by atoms with E-state index < -0.39 is 67.3 Å². The maximum Gasteiger partial charge on any atom is 0.335 e. The van der Waals surface area contributed by atoms with E-state index in [4.69, 9.17) is 23.7 Å². The average molecular weight is 1140 g/mol. The van der Waals surface area contributed by atoms with Gasteiger partial charge in [-0.05, 0) is 89.9 Å². The number of allylic oxidation sites excluding steroid dienone is 10. The standard InChI is InChI=1S/C69H120O12/c1-4-7-10-13-16-19-22-25-27-29-31-33-35-38-40-43-46-49-52-55-61(70)77-58-60(79-62(71)56-53-50-47-44-42-39-36-34-32-30-28-26-23-20-17-14-11-8-5-2)59-78-69-67(65(74)64(73)66(81-69)68(75)76)80-63(72)57-54-51-48-45-41-37-24-21-18-15-12-9-6-3/h16-17,19-20,25-28,31,33,60,64-67,69,73-74H,4-15,18,21-24,29-30,32,34-59H2,1-3H3,(H,75,76)/b19-16-,20-17-,27-25-,28-26-,33-31-. The lowest BCUT2D eigenvalue weighted by atomic mass is 9.98. The van der Waals surface area contributed by atoms with Crippen molar-refractivity contribution in [1.82, 2.24) is 0 Å². The van der Waals surface area contributed by atoms with Gasteiger partial charge in [0.1, 0.15) is 18.8 Å². The fourth-order valence-electron chi connectivity index (χ4n) is 9.94. The average Bonchev–Trinajstić information content (AvgIpc) is 3.46. The summed E-state index contributed by atoms with van der Waals surface area (Å²) in [5.41, 5.74) is 0. The van der Waals surface area contributed by atoms with E-state index in [1.165, 1.54) is 128 Å². The Morgan fingerprint density at radius 1 is 0.407 bits per heavy atom. The minimum absolute atomic E-state index is 0.0616. The molecule has 6 atom stereocenters. The Morgan fingerprint density at radius 2 is 0.741 bits per heavy atom. The Morgan fingerprint density at radius 3 is 1.15 bits per heavy atom. The summed E-state index contributed by atoms with van der Waals surface area (Å²) in [6.45, 7) is 5.96. The van der Waals surface area contributed by atoms with Crippen molar-refractivity contribution in [2.75, 3.05) is 13.2 Å². The number of carbonyl (C=O) groups is 4. The minimum atomic E-state index is -1.90. The Hall–Kier alpha value is -3.58. The van der Waals surface area contributed by atoms with Crippen LogP contribution in [0.2, 0.25) is 0 Å². The lowest BCUT2D eigenvalue weighted by Gasteiger charge is -2.40. The molecule has 81 heavy (non-hydrogen) atoms. The number of esters is 3. The highest BCUT2D eigenvalue weighted by molar-refractivity contribution is 5.74. The van der Waals surface area contributed by atoms with E-state index >= 15 is 0 Å². The van der Waals surface area contributed by atoms with Crippen LogP contribution >= 0.6 is 0 Å². The van der Waals surface area contributed by atoms with Crippen LogP contribution in [0.4, 0.5) is 0 Å². The van der Waals surface area contributed by atoms with Crippen LogP contribution in [0.1, 0.15) is 303 Å². The van der Waals surface area contributed by atoms with Gasteiger partial charge in [-0.25, -0.2) is 4.79 Å². The molecule has 0 spiro atoms. The van der Waals surface area contributed by atoms with Crippen LogP contribution in [0.15, 0.2) is 60.8 Å². The van der Waals surface area contributed by atoms with E-state index in [0.29, 0.717) is 19.3 Å². The van der Waals surface area contributed by atoms with Crippen molar-refractivity contribution in [2.24, 2.45) is 0 Å². The third kappa shape index (κ3) is 46.5. The molecular weight excluding hydrogens is 1020 g/mol. The zero-order valence-corrected chi connectivity index (χ0v) is 51.8. The molecule has 0 aromatic rings. The number of carbonyl (C=O) groups excluding carboxylic acids is 3. The first kappa shape index (κ1) is 75.4. The fourth-order valence-corrected chi connectivity index (χ4v) is 9.94. The number of rotatable bonds is 57. The molecule has 1 saturated heterocycles. The topological polar surface area (TPSA) is 175 Å². The zero-order valence-electron chi connectivity index (χ0n) is 51.8. The molecule has 0 aliphatic carbocycles. The molecule has 0 aromatic carbocycles. The molecule has 6 unspecified atom stereocenters. The third-order valence-corrected chi connectivity index (χ3v) is 15.1. The maximum atomic E-state index is 13.2. The van der Waals surface area contributed by atoms with Gasteiger partial charge in [-0.1, -0.05) is 255 Å². The first-order chi connectivity index (χ1) is 39.6. The van der Waals surface area contributed by atoms with Gasteiger partial charge in [0, 0.05) is 19.3 Å². The molecule has 0 saturated carbocycles. The molecule has 1 rings (SSSR count). The normalized spacial score (nSPS) is 18.1. The number of aliphatic hydroxyl groups excluding tert-OH is 2. The number of hydrogen-bond acceptors (Lipinski definition) is 11. The van der Waals surface area contributed by atoms with Gasteiger partial charge in [-0.2, -0.15) is 0 Å². The van der Waals surface area contributed by atoms with Gasteiger partial charge >= 0.3 is 23.9 Å². The second kappa shape index (κ2) is 56.9. The van der Waals surface area contributed by atoms with Crippen molar-refractivity contribution in [1.29, 1.82) is 0 Å². The van der Waals surface area contributed by atoms with Crippen molar-refractivity contribution < 1.29 is 58.2 Å². The van der Waals surface area contributed by atoms with Crippen LogP contribution in [0.5, 0.6) is 0 Å². The van der Waals surface area contributed by atoms with Crippen LogP contribution in [-0.4, -0.2) is 89.2 Å². The second-order valence-electron chi connectivity index (χ2n) is 22.8. The lowest BCUT2D eigenvalue weighted by molar-refractivity contribution is -0.301. The molecule has 12 heteroatoms. The summed E-state index contributed by atoms with van der Waals surface area (Å²) in [6, 6.07) is 0.